The number of rotatable bonds is 19. The van der Waals surface area contributed by atoms with Crippen LogP contribution in [0.3, 0.4) is 0 Å². The first kappa shape index (κ1) is 23.0. The van der Waals surface area contributed by atoms with E-state index in [0.717, 1.165) is 12.3 Å². The Labute approximate surface area is 147 Å². The average Bonchev–Trinajstić information content (AvgIpc) is 2.57. The summed E-state index contributed by atoms with van der Waals surface area (Å²) in [6, 6.07) is 0. The molecule has 1 heteroatoms. The van der Waals surface area contributed by atoms with E-state index in [1.807, 2.05) is 0 Å². The molecule has 0 fully saturated rings. The highest BCUT2D eigenvalue weighted by atomic mass is 16.2. The summed E-state index contributed by atoms with van der Waals surface area (Å²) in [6.07, 6.45) is 24.5. The maximum atomic E-state index is 10.8. The lowest BCUT2D eigenvalue weighted by Crippen LogP contribution is -2.02. The van der Waals surface area contributed by atoms with Crippen molar-refractivity contribution in [2.45, 2.75) is 129 Å². The minimum Gasteiger partial charge on any atom is -0.237 e. The highest BCUT2D eigenvalue weighted by molar-refractivity contribution is 4.61. The van der Waals surface area contributed by atoms with E-state index in [1.165, 1.54) is 109 Å². The van der Waals surface area contributed by atoms with Crippen molar-refractivity contribution in [1.29, 1.82) is 0 Å². The van der Waals surface area contributed by atoms with Gasteiger partial charge >= 0.3 is 0 Å². The summed E-state index contributed by atoms with van der Waals surface area (Å²) >= 11 is 0. The molecule has 1 radical (unpaired) electrons. The molecule has 139 valence electrons. The van der Waals surface area contributed by atoms with Crippen LogP contribution in [0.1, 0.15) is 129 Å². The quantitative estimate of drug-likeness (QED) is 0.214. The van der Waals surface area contributed by atoms with E-state index in [2.05, 4.69) is 13.8 Å². The predicted octanol–water partition coefficient (Wildman–Crippen LogP) is 8.09. The van der Waals surface area contributed by atoms with Gasteiger partial charge in [0, 0.05) is 0 Å². The Kier molecular flexibility index (Phi) is 20.0. The normalized spacial score (nSPS) is 12.7. The minimum absolute atomic E-state index is 0.129. The Hall–Kier alpha value is -0.0400. The summed E-state index contributed by atoms with van der Waals surface area (Å²) in [5, 5.41) is 10.8. The van der Waals surface area contributed by atoms with Crippen LogP contribution in [0.4, 0.5) is 0 Å². The fourth-order valence-electron chi connectivity index (χ4n) is 3.59. The second kappa shape index (κ2) is 20.0. The Bertz CT molecular complexity index is 202. The van der Waals surface area contributed by atoms with Crippen molar-refractivity contribution < 1.29 is 5.11 Å². The maximum Gasteiger partial charge on any atom is 0.0822 e. The molecule has 0 heterocycles. The van der Waals surface area contributed by atoms with Crippen LogP contribution in [0.15, 0.2) is 0 Å². The fraction of sp³-hybridized carbons (Fsp3) is 1.00. The molecule has 0 rings (SSSR count). The van der Waals surface area contributed by atoms with Crippen molar-refractivity contribution in [1.82, 2.24) is 0 Å². The number of unbranched alkanes of at least 4 members (excludes halogenated alkanes) is 12. The van der Waals surface area contributed by atoms with Crippen molar-refractivity contribution in [3.63, 3.8) is 0 Å². The third kappa shape index (κ3) is 18.1. The molecule has 0 aromatic rings. The third-order valence-electron chi connectivity index (χ3n) is 5.19. The number of hydrogen-bond donors (Lipinski definition) is 0. The molecule has 0 bridgehead atoms. The Morgan fingerprint density at radius 2 is 0.826 bits per heavy atom. The Morgan fingerprint density at radius 1 is 0.478 bits per heavy atom. The molecule has 0 aliphatic carbocycles. The van der Waals surface area contributed by atoms with E-state index in [0.29, 0.717) is 0 Å². The molecule has 1 unspecified atom stereocenters. The first-order valence-electron chi connectivity index (χ1n) is 10.9. The minimum atomic E-state index is 0.129. The monoisotopic (exact) mass is 325 g/mol. The molecule has 0 saturated carbocycles. The van der Waals surface area contributed by atoms with Gasteiger partial charge in [0.05, 0.1) is 6.61 Å². The van der Waals surface area contributed by atoms with E-state index in [9.17, 15) is 5.11 Å². The van der Waals surface area contributed by atoms with Crippen molar-refractivity contribution in [3.05, 3.63) is 0 Å². The molecule has 0 aliphatic rings. The van der Waals surface area contributed by atoms with Gasteiger partial charge < -0.3 is 0 Å². The van der Waals surface area contributed by atoms with E-state index in [1.54, 1.807) is 0 Å². The molecule has 0 amide bonds. The first-order valence-corrected chi connectivity index (χ1v) is 10.9. The molecule has 0 aromatic carbocycles. The lowest BCUT2D eigenvalue weighted by atomic mass is 9.90. The summed E-state index contributed by atoms with van der Waals surface area (Å²) in [5.41, 5.74) is 0. The van der Waals surface area contributed by atoms with Crippen LogP contribution in [-0.4, -0.2) is 6.61 Å². The van der Waals surface area contributed by atoms with Crippen LogP contribution in [0.2, 0.25) is 0 Å². The SMILES string of the molecule is CCCCCCCCCCC(CCC[O])CCCCCCCC. The molecular weight excluding hydrogens is 280 g/mol. The molecule has 1 nitrogen and oxygen atoms in total. The van der Waals surface area contributed by atoms with Crippen LogP contribution < -0.4 is 0 Å². The van der Waals surface area contributed by atoms with E-state index >= 15 is 0 Å². The topological polar surface area (TPSA) is 19.9 Å². The molecule has 0 spiro atoms. The van der Waals surface area contributed by atoms with Crippen molar-refractivity contribution in [3.8, 4) is 0 Å². The standard InChI is InChI=1S/C22H45O/c1-3-5-7-9-11-12-14-16-19-22(20-17-21-23)18-15-13-10-8-6-4-2/h22H,3-21H2,1-2H3. The summed E-state index contributed by atoms with van der Waals surface area (Å²) in [5.74, 6) is 0.843. The molecular formula is C22H45O. The van der Waals surface area contributed by atoms with E-state index in [-0.39, 0.29) is 6.61 Å². The third-order valence-corrected chi connectivity index (χ3v) is 5.19. The highest BCUT2D eigenvalue weighted by Gasteiger charge is 2.08. The average molecular weight is 326 g/mol. The van der Waals surface area contributed by atoms with Gasteiger partial charge in [-0.2, -0.15) is 0 Å². The summed E-state index contributed by atoms with van der Waals surface area (Å²) < 4.78 is 0. The molecule has 0 aromatic heterocycles. The van der Waals surface area contributed by atoms with Gasteiger partial charge in [-0.1, -0.05) is 117 Å². The Morgan fingerprint density at radius 3 is 1.22 bits per heavy atom. The fourth-order valence-corrected chi connectivity index (χ4v) is 3.59. The van der Waals surface area contributed by atoms with Crippen LogP contribution >= 0.6 is 0 Å². The smallest absolute Gasteiger partial charge is 0.0822 e. The summed E-state index contributed by atoms with van der Waals surface area (Å²) in [4.78, 5) is 0. The van der Waals surface area contributed by atoms with Gasteiger partial charge in [0.2, 0.25) is 0 Å². The van der Waals surface area contributed by atoms with Gasteiger partial charge in [-0.3, -0.25) is 0 Å². The lowest BCUT2D eigenvalue weighted by Gasteiger charge is -2.16. The zero-order valence-corrected chi connectivity index (χ0v) is 16.4. The van der Waals surface area contributed by atoms with E-state index < -0.39 is 0 Å². The molecule has 1 atom stereocenters. The molecule has 0 aliphatic heterocycles. The molecule has 23 heavy (non-hydrogen) atoms. The maximum absolute atomic E-state index is 10.8. The van der Waals surface area contributed by atoms with Crippen LogP contribution in [0, 0.1) is 5.92 Å². The van der Waals surface area contributed by atoms with Gasteiger partial charge in [-0.05, 0) is 18.8 Å². The lowest BCUT2D eigenvalue weighted by molar-refractivity contribution is 0.177. The molecule has 0 N–H and O–H groups in total. The largest absolute Gasteiger partial charge is 0.237 e. The second-order valence-electron chi connectivity index (χ2n) is 7.53. The summed E-state index contributed by atoms with van der Waals surface area (Å²) in [6.45, 7) is 4.69. The van der Waals surface area contributed by atoms with Gasteiger partial charge in [0.1, 0.15) is 0 Å². The Balaban J connectivity index is 3.54. The van der Waals surface area contributed by atoms with E-state index in [4.69, 9.17) is 0 Å². The second-order valence-corrected chi connectivity index (χ2v) is 7.53. The zero-order chi connectivity index (χ0) is 17.0. The van der Waals surface area contributed by atoms with Crippen molar-refractivity contribution in [2.75, 3.05) is 6.61 Å². The van der Waals surface area contributed by atoms with Gasteiger partial charge in [-0.15, -0.1) is 0 Å². The van der Waals surface area contributed by atoms with Gasteiger partial charge in [0.25, 0.3) is 0 Å². The molecule has 0 saturated heterocycles. The van der Waals surface area contributed by atoms with Crippen LogP contribution in [0.5, 0.6) is 0 Å². The summed E-state index contributed by atoms with van der Waals surface area (Å²) in [7, 11) is 0. The van der Waals surface area contributed by atoms with Crippen LogP contribution in [-0.2, 0) is 5.11 Å². The highest BCUT2D eigenvalue weighted by Crippen LogP contribution is 2.23. The number of hydrogen-bond acceptors (Lipinski definition) is 0. The van der Waals surface area contributed by atoms with Gasteiger partial charge in [-0.25, -0.2) is 5.11 Å². The van der Waals surface area contributed by atoms with Crippen molar-refractivity contribution >= 4 is 0 Å². The van der Waals surface area contributed by atoms with Crippen LogP contribution in [0.25, 0.3) is 0 Å². The first-order chi connectivity index (χ1) is 11.3. The van der Waals surface area contributed by atoms with Gasteiger partial charge in [0.15, 0.2) is 0 Å². The van der Waals surface area contributed by atoms with Crippen molar-refractivity contribution in [2.24, 2.45) is 5.92 Å². The predicted molar refractivity (Wildman–Crippen MR) is 103 cm³/mol. The zero-order valence-electron chi connectivity index (χ0n) is 16.4.